The molecule has 0 spiro atoms. The second kappa shape index (κ2) is 8.33. The molecule has 0 aliphatic carbocycles. The van der Waals surface area contributed by atoms with Crippen LogP contribution in [0.2, 0.25) is 0 Å². The van der Waals surface area contributed by atoms with Gasteiger partial charge in [0.15, 0.2) is 5.16 Å². The highest BCUT2D eigenvalue weighted by molar-refractivity contribution is 7.98. The summed E-state index contributed by atoms with van der Waals surface area (Å²) in [5, 5.41) is 0.639. The molecule has 0 fully saturated rings. The number of hydrogen-bond donors (Lipinski definition) is 0. The fourth-order valence-electron chi connectivity index (χ4n) is 2.18. The highest BCUT2D eigenvalue weighted by Gasteiger charge is 2.32. The molecule has 0 saturated heterocycles. The van der Waals surface area contributed by atoms with Crippen molar-refractivity contribution in [1.82, 2.24) is 14.9 Å². The van der Waals surface area contributed by atoms with Crippen LogP contribution in [-0.2, 0) is 11.2 Å². The van der Waals surface area contributed by atoms with E-state index in [0.717, 1.165) is 21.9 Å². The van der Waals surface area contributed by atoms with Crippen molar-refractivity contribution in [1.29, 1.82) is 0 Å². The van der Waals surface area contributed by atoms with E-state index < -0.39 is 18.6 Å². The van der Waals surface area contributed by atoms with Crippen molar-refractivity contribution in [2.75, 3.05) is 19.3 Å². The summed E-state index contributed by atoms with van der Waals surface area (Å²) in [5.41, 5.74) is 2.31. The maximum atomic E-state index is 12.5. The maximum Gasteiger partial charge on any atom is 0.406 e. The second-order valence-corrected chi connectivity index (χ2v) is 5.81. The first-order valence-electron chi connectivity index (χ1n) is 7.01. The Bertz CT molecular complexity index is 553. The Kier molecular flexibility index (Phi) is 7.05. The lowest BCUT2D eigenvalue weighted by molar-refractivity contribution is -0.160. The lowest BCUT2D eigenvalue weighted by Gasteiger charge is -2.22. The SMILES string of the molecule is C=CCN(CC(F)(F)F)C(=O)CCc1c(C)nc(SC)nc1C. The Labute approximate surface area is 138 Å². The summed E-state index contributed by atoms with van der Waals surface area (Å²) in [4.78, 5) is 21.4. The summed E-state index contributed by atoms with van der Waals surface area (Å²) < 4.78 is 37.5. The summed E-state index contributed by atoms with van der Waals surface area (Å²) >= 11 is 1.41. The Morgan fingerprint density at radius 3 is 2.30 bits per heavy atom. The third kappa shape index (κ3) is 6.21. The minimum absolute atomic E-state index is 0.0203. The number of nitrogens with zero attached hydrogens (tertiary/aromatic N) is 3. The first-order valence-corrected chi connectivity index (χ1v) is 8.24. The lowest BCUT2D eigenvalue weighted by atomic mass is 10.1. The first-order chi connectivity index (χ1) is 10.7. The molecule has 0 atom stereocenters. The minimum atomic E-state index is -4.42. The van der Waals surface area contributed by atoms with Gasteiger partial charge in [0.05, 0.1) is 0 Å². The predicted molar refractivity (Wildman–Crippen MR) is 84.4 cm³/mol. The maximum absolute atomic E-state index is 12.5. The molecule has 0 N–H and O–H groups in total. The van der Waals surface area contributed by atoms with Crippen LogP contribution in [0.15, 0.2) is 17.8 Å². The number of hydrogen-bond acceptors (Lipinski definition) is 4. The molecule has 1 aromatic heterocycles. The van der Waals surface area contributed by atoms with Crippen LogP contribution in [-0.4, -0.2) is 46.3 Å². The van der Waals surface area contributed by atoms with Crippen LogP contribution in [0.25, 0.3) is 0 Å². The Balaban J connectivity index is 2.79. The van der Waals surface area contributed by atoms with Gasteiger partial charge in [-0.15, -0.1) is 6.58 Å². The fraction of sp³-hybridized carbons (Fsp3) is 0.533. The molecule has 0 saturated carbocycles. The van der Waals surface area contributed by atoms with Crippen LogP contribution < -0.4 is 0 Å². The molecule has 0 bridgehead atoms. The van der Waals surface area contributed by atoms with Gasteiger partial charge >= 0.3 is 6.18 Å². The third-order valence-corrected chi connectivity index (χ3v) is 3.79. The van der Waals surface area contributed by atoms with Gasteiger partial charge in [-0.3, -0.25) is 4.79 Å². The van der Waals surface area contributed by atoms with Crippen LogP contribution >= 0.6 is 11.8 Å². The van der Waals surface area contributed by atoms with Gasteiger partial charge in [-0.25, -0.2) is 9.97 Å². The van der Waals surface area contributed by atoms with Gasteiger partial charge in [-0.2, -0.15) is 13.2 Å². The largest absolute Gasteiger partial charge is 0.406 e. The Hall–Kier alpha value is -1.57. The quantitative estimate of drug-likeness (QED) is 0.431. The molecule has 0 aromatic carbocycles. The molecule has 0 radical (unpaired) electrons. The molecule has 0 unspecified atom stereocenters. The van der Waals surface area contributed by atoms with Gasteiger partial charge in [0.1, 0.15) is 6.54 Å². The number of aryl methyl sites for hydroxylation is 2. The molecular weight excluding hydrogens is 327 g/mol. The number of alkyl halides is 3. The number of amides is 1. The molecule has 23 heavy (non-hydrogen) atoms. The molecule has 4 nitrogen and oxygen atoms in total. The van der Waals surface area contributed by atoms with Crippen molar-refractivity contribution >= 4 is 17.7 Å². The van der Waals surface area contributed by atoms with Gasteiger partial charge in [-0.05, 0) is 32.1 Å². The fourth-order valence-corrected chi connectivity index (χ4v) is 2.64. The van der Waals surface area contributed by atoms with Crippen LogP contribution in [0.5, 0.6) is 0 Å². The van der Waals surface area contributed by atoms with E-state index in [4.69, 9.17) is 0 Å². The number of rotatable bonds is 7. The van der Waals surface area contributed by atoms with E-state index in [2.05, 4.69) is 16.5 Å². The number of aromatic nitrogens is 2. The van der Waals surface area contributed by atoms with E-state index in [-0.39, 0.29) is 13.0 Å². The van der Waals surface area contributed by atoms with Crippen molar-refractivity contribution in [3.8, 4) is 0 Å². The zero-order chi connectivity index (χ0) is 17.6. The van der Waals surface area contributed by atoms with Gasteiger partial charge in [-0.1, -0.05) is 17.8 Å². The molecule has 1 amide bonds. The monoisotopic (exact) mass is 347 g/mol. The average molecular weight is 347 g/mol. The first kappa shape index (κ1) is 19.5. The summed E-state index contributed by atoms with van der Waals surface area (Å²) in [6.07, 6.45) is -0.976. The Morgan fingerprint density at radius 2 is 1.87 bits per heavy atom. The zero-order valence-electron chi connectivity index (χ0n) is 13.4. The van der Waals surface area contributed by atoms with Crippen LogP contribution in [0.3, 0.4) is 0 Å². The standard InChI is InChI=1S/C15H20F3N3OS/c1-5-8-21(9-15(16,17)18)13(22)7-6-12-10(2)19-14(23-4)20-11(12)3/h5H,1,6-9H2,2-4H3. The van der Waals surface area contributed by atoms with Crippen molar-refractivity contribution < 1.29 is 18.0 Å². The van der Waals surface area contributed by atoms with Crippen molar-refractivity contribution in [2.24, 2.45) is 0 Å². The number of carbonyl (C=O) groups excluding carboxylic acids is 1. The lowest BCUT2D eigenvalue weighted by Crippen LogP contribution is -2.39. The summed E-state index contributed by atoms with van der Waals surface area (Å²) in [5.74, 6) is -0.560. The van der Waals surface area contributed by atoms with E-state index in [0.29, 0.717) is 11.6 Å². The predicted octanol–water partition coefficient (Wildman–Crippen LogP) is 3.32. The number of carbonyl (C=O) groups is 1. The third-order valence-electron chi connectivity index (χ3n) is 3.24. The molecule has 8 heteroatoms. The zero-order valence-corrected chi connectivity index (χ0v) is 14.2. The summed E-state index contributed by atoms with van der Waals surface area (Å²) in [6.45, 7) is 5.62. The molecule has 128 valence electrons. The second-order valence-electron chi connectivity index (χ2n) is 5.04. The van der Waals surface area contributed by atoms with Gasteiger partial charge in [0.2, 0.25) is 5.91 Å². The molecule has 0 aliphatic heterocycles. The van der Waals surface area contributed by atoms with Crippen LogP contribution in [0.1, 0.15) is 23.4 Å². The molecular formula is C15H20F3N3OS. The van der Waals surface area contributed by atoms with Crippen molar-refractivity contribution in [3.63, 3.8) is 0 Å². The summed E-state index contributed by atoms with van der Waals surface area (Å²) in [6, 6.07) is 0. The summed E-state index contributed by atoms with van der Waals surface area (Å²) in [7, 11) is 0. The highest BCUT2D eigenvalue weighted by Crippen LogP contribution is 2.19. The molecule has 1 rings (SSSR count). The molecule has 1 aromatic rings. The van der Waals surface area contributed by atoms with E-state index in [1.54, 1.807) is 0 Å². The number of halogens is 3. The number of thioether (sulfide) groups is 1. The van der Waals surface area contributed by atoms with Gasteiger partial charge in [0, 0.05) is 24.4 Å². The topological polar surface area (TPSA) is 46.1 Å². The van der Waals surface area contributed by atoms with E-state index in [1.165, 1.54) is 17.8 Å². The molecule has 1 heterocycles. The average Bonchev–Trinajstić information content (AvgIpc) is 2.44. The van der Waals surface area contributed by atoms with Crippen molar-refractivity contribution in [3.05, 3.63) is 29.6 Å². The highest BCUT2D eigenvalue weighted by atomic mass is 32.2. The smallest absolute Gasteiger partial charge is 0.330 e. The normalized spacial score (nSPS) is 11.4. The van der Waals surface area contributed by atoms with E-state index in [9.17, 15) is 18.0 Å². The van der Waals surface area contributed by atoms with E-state index in [1.807, 2.05) is 20.1 Å². The van der Waals surface area contributed by atoms with Crippen LogP contribution in [0, 0.1) is 13.8 Å². The minimum Gasteiger partial charge on any atom is -0.330 e. The van der Waals surface area contributed by atoms with Crippen LogP contribution in [0.4, 0.5) is 13.2 Å². The van der Waals surface area contributed by atoms with E-state index >= 15 is 0 Å². The molecule has 0 aliphatic rings. The van der Waals surface area contributed by atoms with Gasteiger partial charge in [0.25, 0.3) is 0 Å². The van der Waals surface area contributed by atoms with Crippen molar-refractivity contribution in [2.45, 2.75) is 38.0 Å². The van der Waals surface area contributed by atoms with Gasteiger partial charge < -0.3 is 4.90 Å². The Morgan fingerprint density at radius 1 is 1.30 bits per heavy atom.